The van der Waals surface area contributed by atoms with Crippen molar-refractivity contribution in [2.24, 2.45) is 5.92 Å². The summed E-state index contributed by atoms with van der Waals surface area (Å²) in [6, 6.07) is 16.7. The molecule has 152 valence electrons. The van der Waals surface area contributed by atoms with Crippen molar-refractivity contribution in [3.63, 3.8) is 0 Å². The lowest BCUT2D eigenvalue weighted by Gasteiger charge is -2.39. The monoisotopic (exact) mass is 399 g/mol. The fourth-order valence-electron chi connectivity index (χ4n) is 4.08. The van der Waals surface area contributed by atoms with Crippen LogP contribution in [0, 0.1) is 5.92 Å². The van der Waals surface area contributed by atoms with Gasteiger partial charge in [0.25, 0.3) is 0 Å². The van der Waals surface area contributed by atoms with Gasteiger partial charge in [0.05, 0.1) is 5.60 Å². The summed E-state index contributed by atoms with van der Waals surface area (Å²) in [7, 11) is 0. The zero-order chi connectivity index (χ0) is 20.0. The molecule has 3 heteroatoms. The summed E-state index contributed by atoms with van der Waals surface area (Å²) >= 11 is 5.98. The van der Waals surface area contributed by atoms with Gasteiger partial charge in [-0.2, -0.15) is 0 Å². The van der Waals surface area contributed by atoms with Gasteiger partial charge in [0.1, 0.15) is 0 Å². The van der Waals surface area contributed by atoms with Gasteiger partial charge in [-0.05, 0) is 67.0 Å². The highest BCUT2D eigenvalue weighted by Gasteiger charge is 2.33. The summed E-state index contributed by atoms with van der Waals surface area (Å²) < 4.78 is 0. The van der Waals surface area contributed by atoms with Crippen molar-refractivity contribution in [1.29, 1.82) is 0 Å². The molecule has 2 nitrogen and oxygen atoms in total. The molecular weight excluding hydrogens is 366 g/mol. The second kappa shape index (κ2) is 9.80. The van der Waals surface area contributed by atoms with E-state index >= 15 is 0 Å². The molecular formula is C25H34ClNO. The van der Waals surface area contributed by atoms with E-state index in [0.717, 1.165) is 37.4 Å². The van der Waals surface area contributed by atoms with E-state index in [1.165, 1.54) is 43.4 Å². The molecule has 0 amide bonds. The van der Waals surface area contributed by atoms with E-state index in [9.17, 15) is 5.11 Å². The van der Waals surface area contributed by atoms with E-state index in [4.69, 9.17) is 11.6 Å². The van der Waals surface area contributed by atoms with Crippen molar-refractivity contribution in [1.82, 2.24) is 0 Å². The van der Waals surface area contributed by atoms with E-state index in [1.807, 2.05) is 24.3 Å². The highest BCUT2D eigenvalue weighted by molar-refractivity contribution is 6.30. The van der Waals surface area contributed by atoms with Gasteiger partial charge in [-0.25, -0.2) is 0 Å². The summed E-state index contributed by atoms with van der Waals surface area (Å²) in [5.41, 5.74) is 2.93. The maximum Gasteiger partial charge on any atom is 0.0930 e. The number of hydrogen-bond acceptors (Lipinski definition) is 2. The molecule has 0 aromatic heterocycles. The smallest absolute Gasteiger partial charge is 0.0930 e. The molecule has 1 unspecified atom stereocenters. The van der Waals surface area contributed by atoms with Gasteiger partial charge < -0.3 is 10.0 Å². The lowest BCUT2D eigenvalue weighted by Crippen LogP contribution is -2.42. The van der Waals surface area contributed by atoms with Gasteiger partial charge in [0.2, 0.25) is 0 Å². The molecule has 0 bridgehead atoms. The van der Waals surface area contributed by atoms with Gasteiger partial charge in [0, 0.05) is 23.8 Å². The van der Waals surface area contributed by atoms with Crippen molar-refractivity contribution < 1.29 is 5.11 Å². The third kappa shape index (κ3) is 5.52. The first-order valence-corrected chi connectivity index (χ1v) is 11.2. The van der Waals surface area contributed by atoms with Gasteiger partial charge in [-0.1, -0.05) is 69.0 Å². The third-order valence-electron chi connectivity index (χ3n) is 6.38. The minimum atomic E-state index is -0.739. The maximum absolute atomic E-state index is 11.0. The van der Waals surface area contributed by atoms with Crippen LogP contribution in [0.1, 0.15) is 63.5 Å². The molecule has 1 atom stereocenters. The SMILES string of the molecule is CCC(C)CCCCc1ccc(N2CCC(O)(c3ccc(Cl)cc3)CC2)cc1. The first-order chi connectivity index (χ1) is 13.5. The summed E-state index contributed by atoms with van der Waals surface area (Å²) in [6.45, 7) is 6.36. The Morgan fingerprint density at radius 1 is 1.00 bits per heavy atom. The Morgan fingerprint density at radius 2 is 1.64 bits per heavy atom. The molecule has 28 heavy (non-hydrogen) atoms. The topological polar surface area (TPSA) is 23.5 Å². The second-order valence-electron chi connectivity index (χ2n) is 8.45. The van der Waals surface area contributed by atoms with Crippen LogP contribution in [0.4, 0.5) is 5.69 Å². The number of nitrogens with zero attached hydrogens (tertiary/aromatic N) is 1. The van der Waals surface area contributed by atoms with Crippen LogP contribution in [0.15, 0.2) is 48.5 Å². The largest absolute Gasteiger partial charge is 0.385 e. The van der Waals surface area contributed by atoms with E-state index < -0.39 is 5.60 Å². The number of unbranched alkanes of at least 4 members (excludes halogenated alkanes) is 1. The highest BCUT2D eigenvalue weighted by atomic mass is 35.5. The first-order valence-electron chi connectivity index (χ1n) is 10.8. The summed E-state index contributed by atoms with van der Waals surface area (Å²) in [6.07, 6.45) is 7.90. The normalized spacial score (nSPS) is 17.5. The van der Waals surface area contributed by atoms with Crippen molar-refractivity contribution >= 4 is 17.3 Å². The molecule has 0 saturated carbocycles. The van der Waals surface area contributed by atoms with Crippen molar-refractivity contribution in [3.8, 4) is 0 Å². The molecule has 3 rings (SSSR count). The van der Waals surface area contributed by atoms with E-state index in [1.54, 1.807) is 0 Å². The quantitative estimate of drug-likeness (QED) is 0.506. The van der Waals surface area contributed by atoms with Crippen LogP contribution in [-0.4, -0.2) is 18.2 Å². The summed E-state index contributed by atoms with van der Waals surface area (Å²) in [4.78, 5) is 2.39. The van der Waals surface area contributed by atoms with Crippen molar-refractivity contribution in [2.75, 3.05) is 18.0 Å². The van der Waals surface area contributed by atoms with Crippen LogP contribution in [0.3, 0.4) is 0 Å². The van der Waals surface area contributed by atoms with Gasteiger partial charge in [-0.3, -0.25) is 0 Å². The fraction of sp³-hybridized carbons (Fsp3) is 0.520. The lowest BCUT2D eigenvalue weighted by molar-refractivity contribution is 0.0118. The van der Waals surface area contributed by atoms with Crippen molar-refractivity contribution in [2.45, 2.75) is 64.4 Å². The number of hydrogen-bond donors (Lipinski definition) is 1. The van der Waals surface area contributed by atoms with Crippen molar-refractivity contribution in [3.05, 3.63) is 64.7 Å². The Morgan fingerprint density at radius 3 is 2.25 bits per heavy atom. The molecule has 0 aliphatic carbocycles. The average Bonchev–Trinajstić information content (AvgIpc) is 2.72. The van der Waals surface area contributed by atoms with E-state index in [0.29, 0.717) is 5.02 Å². The number of benzene rings is 2. The number of anilines is 1. The first kappa shape index (κ1) is 21.2. The Kier molecular flexibility index (Phi) is 7.42. The molecule has 1 aliphatic heterocycles. The second-order valence-corrected chi connectivity index (χ2v) is 8.89. The Hall–Kier alpha value is -1.51. The average molecular weight is 400 g/mol. The number of piperidine rings is 1. The Balaban J connectivity index is 1.50. The standard InChI is InChI=1S/C25H34ClNO/c1-3-20(2)6-4-5-7-21-8-14-24(15-9-21)27-18-16-25(28,17-19-27)22-10-12-23(26)13-11-22/h8-15,20,28H,3-7,16-19H2,1-2H3. The maximum atomic E-state index is 11.0. The highest BCUT2D eigenvalue weighted by Crippen LogP contribution is 2.35. The molecule has 1 heterocycles. The van der Waals surface area contributed by atoms with Crippen LogP contribution in [-0.2, 0) is 12.0 Å². The van der Waals surface area contributed by atoms with Crippen LogP contribution < -0.4 is 4.90 Å². The molecule has 1 N–H and O–H groups in total. The Bertz CT molecular complexity index is 717. The number of rotatable bonds is 8. The zero-order valence-electron chi connectivity index (χ0n) is 17.3. The molecule has 2 aromatic rings. The molecule has 0 spiro atoms. The van der Waals surface area contributed by atoms with Crippen LogP contribution in [0.2, 0.25) is 5.02 Å². The minimum absolute atomic E-state index is 0.713. The van der Waals surface area contributed by atoms with Crippen LogP contribution >= 0.6 is 11.6 Å². The Labute approximate surface area is 175 Å². The van der Waals surface area contributed by atoms with E-state index in [2.05, 4.69) is 43.0 Å². The number of aliphatic hydroxyl groups is 1. The molecule has 0 radical (unpaired) electrons. The molecule has 1 saturated heterocycles. The molecule has 1 fully saturated rings. The van der Waals surface area contributed by atoms with Crippen LogP contribution in [0.5, 0.6) is 0 Å². The van der Waals surface area contributed by atoms with Gasteiger partial charge in [-0.15, -0.1) is 0 Å². The zero-order valence-corrected chi connectivity index (χ0v) is 18.1. The summed E-state index contributed by atoms with van der Waals surface area (Å²) in [5, 5.41) is 11.8. The van der Waals surface area contributed by atoms with Gasteiger partial charge >= 0.3 is 0 Å². The van der Waals surface area contributed by atoms with Gasteiger partial charge in [0.15, 0.2) is 0 Å². The number of aryl methyl sites for hydroxylation is 1. The van der Waals surface area contributed by atoms with Crippen LogP contribution in [0.25, 0.3) is 0 Å². The summed E-state index contributed by atoms with van der Waals surface area (Å²) in [5.74, 6) is 0.855. The predicted molar refractivity (Wildman–Crippen MR) is 120 cm³/mol. The fourth-order valence-corrected chi connectivity index (χ4v) is 4.21. The predicted octanol–water partition coefficient (Wildman–Crippen LogP) is 6.59. The minimum Gasteiger partial charge on any atom is -0.385 e. The third-order valence-corrected chi connectivity index (χ3v) is 6.63. The molecule has 1 aliphatic rings. The lowest BCUT2D eigenvalue weighted by atomic mass is 9.84. The van der Waals surface area contributed by atoms with E-state index in [-0.39, 0.29) is 0 Å². The molecule has 2 aromatic carbocycles. The number of halogens is 1.